The van der Waals surface area contributed by atoms with Crippen molar-refractivity contribution in [2.24, 2.45) is 0 Å². The van der Waals surface area contributed by atoms with Gasteiger partial charge in [0.2, 0.25) is 0 Å². The molecule has 2 aromatic rings. The highest BCUT2D eigenvalue weighted by atomic mass is 35.5. The molecule has 0 bridgehead atoms. The van der Waals surface area contributed by atoms with Crippen LogP contribution in [0, 0.1) is 0 Å². The van der Waals surface area contributed by atoms with Crippen molar-refractivity contribution in [1.82, 2.24) is 5.32 Å². The second kappa shape index (κ2) is 7.59. The third kappa shape index (κ3) is 4.11. The lowest BCUT2D eigenvalue weighted by Crippen LogP contribution is -2.23. The standard InChI is InChI=1S/C16H17NO.ClH/c1-2-17-16(18)15-11-7-6-10-14(15)12-13-8-4-3-5-9-13;/h3-11H,2,12H2,1H3,(H,17,18);1H. The molecule has 0 spiro atoms. The number of hydrogen-bond acceptors (Lipinski definition) is 1. The zero-order valence-electron chi connectivity index (χ0n) is 10.9. The van der Waals surface area contributed by atoms with E-state index in [1.165, 1.54) is 5.56 Å². The molecule has 0 aliphatic heterocycles. The van der Waals surface area contributed by atoms with Crippen LogP contribution in [-0.2, 0) is 6.42 Å². The largest absolute Gasteiger partial charge is 0.352 e. The lowest BCUT2D eigenvalue weighted by molar-refractivity contribution is 0.0955. The van der Waals surface area contributed by atoms with Crippen LogP contribution in [0.1, 0.15) is 28.4 Å². The Bertz CT molecular complexity index is 525. The van der Waals surface area contributed by atoms with E-state index in [-0.39, 0.29) is 18.3 Å². The summed E-state index contributed by atoms with van der Waals surface area (Å²) < 4.78 is 0. The summed E-state index contributed by atoms with van der Waals surface area (Å²) in [5.74, 6) is 0.00373. The average molecular weight is 276 g/mol. The van der Waals surface area contributed by atoms with E-state index in [2.05, 4.69) is 17.4 Å². The molecule has 0 unspecified atom stereocenters. The first-order valence-electron chi connectivity index (χ1n) is 6.21. The Labute approximate surface area is 120 Å². The van der Waals surface area contributed by atoms with Crippen LogP contribution in [-0.4, -0.2) is 12.5 Å². The second-order valence-corrected chi connectivity index (χ2v) is 4.18. The Morgan fingerprint density at radius 2 is 1.63 bits per heavy atom. The highest BCUT2D eigenvalue weighted by Gasteiger charge is 2.09. The number of hydrogen-bond donors (Lipinski definition) is 1. The van der Waals surface area contributed by atoms with E-state index in [1.807, 2.05) is 49.4 Å². The number of carbonyl (C=O) groups excluding carboxylic acids is 1. The summed E-state index contributed by atoms with van der Waals surface area (Å²) in [7, 11) is 0. The molecule has 0 radical (unpaired) electrons. The van der Waals surface area contributed by atoms with E-state index in [1.54, 1.807) is 0 Å². The zero-order valence-corrected chi connectivity index (χ0v) is 11.7. The fraction of sp³-hybridized carbons (Fsp3) is 0.188. The molecule has 0 fully saturated rings. The van der Waals surface area contributed by atoms with E-state index in [0.29, 0.717) is 6.54 Å². The molecule has 0 aromatic heterocycles. The van der Waals surface area contributed by atoms with Crippen LogP contribution in [0.3, 0.4) is 0 Å². The van der Waals surface area contributed by atoms with Gasteiger partial charge in [-0.25, -0.2) is 0 Å². The lowest BCUT2D eigenvalue weighted by Gasteiger charge is -2.09. The molecule has 1 amide bonds. The molecule has 0 saturated carbocycles. The molecule has 19 heavy (non-hydrogen) atoms. The minimum absolute atomic E-state index is 0. The molecule has 1 N–H and O–H groups in total. The minimum Gasteiger partial charge on any atom is -0.352 e. The first-order valence-corrected chi connectivity index (χ1v) is 6.21. The third-order valence-corrected chi connectivity index (χ3v) is 2.84. The highest BCUT2D eigenvalue weighted by molar-refractivity contribution is 5.95. The summed E-state index contributed by atoms with van der Waals surface area (Å²) in [5.41, 5.74) is 3.05. The minimum atomic E-state index is 0. The molecule has 2 rings (SSSR count). The normalized spacial score (nSPS) is 9.53. The summed E-state index contributed by atoms with van der Waals surface area (Å²) in [5, 5.41) is 2.85. The molecule has 3 heteroatoms. The van der Waals surface area contributed by atoms with Crippen LogP contribution in [0.2, 0.25) is 0 Å². The SMILES string of the molecule is CCNC(=O)c1ccccc1Cc1ccccc1.Cl. The Kier molecular flexibility index (Phi) is 6.10. The Hall–Kier alpha value is -1.80. The van der Waals surface area contributed by atoms with Gasteiger partial charge >= 0.3 is 0 Å². The van der Waals surface area contributed by atoms with Gasteiger partial charge in [-0.15, -0.1) is 12.4 Å². The van der Waals surface area contributed by atoms with Gasteiger partial charge < -0.3 is 5.32 Å². The first kappa shape index (κ1) is 15.3. The Morgan fingerprint density at radius 3 is 2.32 bits per heavy atom. The molecular formula is C16H18ClNO. The molecule has 0 heterocycles. The quantitative estimate of drug-likeness (QED) is 0.910. The maximum absolute atomic E-state index is 11.9. The van der Waals surface area contributed by atoms with Gasteiger partial charge in [-0.1, -0.05) is 48.5 Å². The summed E-state index contributed by atoms with van der Waals surface area (Å²) in [6, 6.07) is 18.0. The van der Waals surface area contributed by atoms with Crippen LogP contribution in [0.25, 0.3) is 0 Å². The van der Waals surface area contributed by atoms with Gasteiger partial charge in [-0.05, 0) is 30.5 Å². The molecule has 0 saturated heterocycles. The van der Waals surface area contributed by atoms with Crippen LogP contribution in [0.5, 0.6) is 0 Å². The average Bonchev–Trinajstić information content (AvgIpc) is 2.41. The van der Waals surface area contributed by atoms with Gasteiger partial charge in [0.15, 0.2) is 0 Å². The molecule has 0 aliphatic rings. The summed E-state index contributed by atoms with van der Waals surface area (Å²) in [6.07, 6.45) is 0.786. The Balaban J connectivity index is 0.00000180. The van der Waals surface area contributed by atoms with Gasteiger partial charge in [-0.2, -0.15) is 0 Å². The van der Waals surface area contributed by atoms with Crippen LogP contribution in [0.15, 0.2) is 54.6 Å². The molecule has 100 valence electrons. The summed E-state index contributed by atoms with van der Waals surface area (Å²) >= 11 is 0. The van der Waals surface area contributed by atoms with Gasteiger partial charge in [0, 0.05) is 12.1 Å². The molecule has 0 atom stereocenters. The van der Waals surface area contributed by atoms with Crippen molar-refractivity contribution in [3.8, 4) is 0 Å². The van der Waals surface area contributed by atoms with Gasteiger partial charge in [0.05, 0.1) is 0 Å². The topological polar surface area (TPSA) is 29.1 Å². The van der Waals surface area contributed by atoms with Crippen molar-refractivity contribution < 1.29 is 4.79 Å². The van der Waals surface area contributed by atoms with Crippen LogP contribution < -0.4 is 5.32 Å². The third-order valence-electron chi connectivity index (χ3n) is 2.84. The van der Waals surface area contributed by atoms with E-state index < -0.39 is 0 Å². The summed E-state index contributed by atoms with van der Waals surface area (Å²) in [4.78, 5) is 11.9. The lowest BCUT2D eigenvalue weighted by atomic mass is 9.99. The van der Waals surface area contributed by atoms with Crippen LogP contribution >= 0.6 is 12.4 Å². The smallest absolute Gasteiger partial charge is 0.251 e. The Morgan fingerprint density at radius 1 is 1.00 bits per heavy atom. The van der Waals surface area contributed by atoms with Gasteiger partial charge in [-0.3, -0.25) is 4.79 Å². The highest BCUT2D eigenvalue weighted by Crippen LogP contribution is 2.14. The monoisotopic (exact) mass is 275 g/mol. The second-order valence-electron chi connectivity index (χ2n) is 4.18. The van der Waals surface area contributed by atoms with Crippen molar-refractivity contribution in [1.29, 1.82) is 0 Å². The fourth-order valence-corrected chi connectivity index (χ4v) is 1.97. The number of amides is 1. The molecule has 2 aromatic carbocycles. The van der Waals surface area contributed by atoms with Crippen molar-refractivity contribution in [3.05, 3.63) is 71.3 Å². The summed E-state index contributed by atoms with van der Waals surface area (Å²) in [6.45, 7) is 2.58. The van der Waals surface area contributed by atoms with E-state index >= 15 is 0 Å². The number of halogens is 1. The van der Waals surface area contributed by atoms with Gasteiger partial charge in [0.1, 0.15) is 0 Å². The maximum atomic E-state index is 11.9. The fourth-order valence-electron chi connectivity index (χ4n) is 1.97. The molecular weight excluding hydrogens is 258 g/mol. The van der Waals surface area contributed by atoms with Crippen LogP contribution in [0.4, 0.5) is 0 Å². The van der Waals surface area contributed by atoms with E-state index in [4.69, 9.17) is 0 Å². The van der Waals surface area contributed by atoms with E-state index in [0.717, 1.165) is 17.5 Å². The number of benzene rings is 2. The maximum Gasteiger partial charge on any atom is 0.251 e. The van der Waals surface area contributed by atoms with Gasteiger partial charge in [0.25, 0.3) is 5.91 Å². The number of nitrogens with one attached hydrogen (secondary N) is 1. The predicted molar refractivity (Wildman–Crippen MR) is 80.9 cm³/mol. The molecule has 2 nitrogen and oxygen atoms in total. The van der Waals surface area contributed by atoms with Crippen molar-refractivity contribution >= 4 is 18.3 Å². The first-order chi connectivity index (χ1) is 8.81. The molecule has 0 aliphatic carbocycles. The number of rotatable bonds is 4. The predicted octanol–water partition coefficient (Wildman–Crippen LogP) is 3.45. The van der Waals surface area contributed by atoms with Crippen molar-refractivity contribution in [2.45, 2.75) is 13.3 Å². The van der Waals surface area contributed by atoms with Crippen molar-refractivity contribution in [2.75, 3.05) is 6.54 Å². The van der Waals surface area contributed by atoms with E-state index in [9.17, 15) is 4.79 Å². The van der Waals surface area contributed by atoms with Crippen molar-refractivity contribution in [3.63, 3.8) is 0 Å². The number of carbonyl (C=O) groups is 1. The zero-order chi connectivity index (χ0) is 12.8.